The molecule has 12 heteroatoms. The summed E-state index contributed by atoms with van der Waals surface area (Å²) in [4.78, 5) is 43.9. The molecule has 4 aromatic rings. The monoisotopic (exact) mass is 613 g/mol. The van der Waals surface area contributed by atoms with E-state index in [9.17, 15) is 28.1 Å². The second-order valence-electron chi connectivity index (χ2n) is 10.6. The summed E-state index contributed by atoms with van der Waals surface area (Å²) in [7, 11) is -4.18. The van der Waals surface area contributed by atoms with Crippen molar-refractivity contribution in [3.63, 3.8) is 0 Å². The maximum absolute atomic E-state index is 13.6. The molecule has 0 bridgehead atoms. The van der Waals surface area contributed by atoms with Crippen molar-refractivity contribution < 1.29 is 27.2 Å². The smallest absolute Gasteiger partial charge is 0.264 e. The second kappa shape index (κ2) is 13.6. The number of oxazole rings is 1. The summed E-state index contributed by atoms with van der Waals surface area (Å²) in [6.45, 7) is 0.480. The lowest BCUT2D eigenvalue weighted by molar-refractivity contribution is -0.126. The molecule has 1 aliphatic rings. The second-order valence-corrected chi connectivity index (χ2v) is 12.7. The SMILES string of the molecule is N#Cc1ccccc1CS(=O)(=O)C(CNC(=O)C1CNC1)C(=O)NCCC(C(=O)c1nc2ccccc2o1)c1ccccc1. The number of ketones is 1. The predicted octanol–water partition coefficient (Wildman–Crippen LogP) is 2.49. The Morgan fingerprint density at radius 3 is 2.39 bits per heavy atom. The molecule has 44 heavy (non-hydrogen) atoms. The number of benzene rings is 3. The van der Waals surface area contributed by atoms with E-state index in [2.05, 4.69) is 20.9 Å². The quantitative estimate of drug-likeness (QED) is 0.192. The number of Topliss-reactive ketones (excluding diaryl/α,β-unsaturated/α-hetero) is 1. The fourth-order valence-electron chi connectivity index (χ4n) is 4.98. The number of carbonyl (C=O) groups is 3. The molecule has 1 aliphatic heterocycles. The minimum absolute atomic E-state index is 0.0361. The van der Waals surface area contributed by atoms with Crippen LogP contribution in [0.5, 0.6) is 0 Å². The van der Waals surface area contributed by atoms with Gasteiger partial charge in [0.1, 0.15) is 5.52 Å². The highest BCUT2D eigenvalue weighted by Gasteiger charge is 2.35. The fraction of sp³-hybridized carbons (Fsp3) is 0.281. The Bertz CT molecular complexity index is 1780. The highest BCUT2D eigenvalue weighted by molar-refractivity contribution is 7.92. The van der Waals surface area contributed by atoms with Crippen molar-refractivity contribution in [3.8, 4) is 6.07 Å². The van der Waals surface area contributed by atoms with Gasteiger partial charge in [0.2, 0.25) is 17.6 Å². The molecular formula is C32H31N5O6S. The Morgan fingerprint density at radius 1 is 0.977 bits per heavy atom. The Hall–Kier alpha value is -4.86. The first-order valence-corrected chi connectivity index (χ1v) is 15.9. The van der Waals surface area contributed by atoms with Crippen molar-refractivity contribution in [1.29, 1.82) is 5.26 Å². The molecule has 0 spiro atoms. The number of fused-ring (bicyclic) bond motifs is 1. The van der Waals surface area contributed by atoms with Crippen LogP contribution >= 0.6 is 0 Å². The normalized spacial score (nSPS) is 14.6. The summed E-state index contributed by atoms with van der Waals surface area (Å²) in [6.07, 6.45) is 0.136. The van der Waals surface area contributed by atoms with E-state index in [0.717, 1.165) is 0 Å². The van der Waals surface area contributed by atoms with Crippen molar-refractivity contribution in [3.05, 3.63) is 101 Å². The van der Waals surface area contributed by atoms with Crippen LogP contribution in [0.1, 0.15) is 39.7 Å². The number of nitrogens with one attached hydrogen (secondary N) is 3. The van der Waals surface area contributed by atoms with Crippen LogP contribution in [0, 0.1) is 17.2 Å². The Morgan fingerprint density at radius 2 is 1.68 bits per heavy atom. The van der Waals surface area contributed by atoms with Crippen molar-refractivity contribution in [2.24, 2.45) is 5.92 Å². The van der Waals surface area contributed by atoms with E-state index in [0.29, 0.717) is 29.8 Å². The minimum atomic E-state index is -4.18. The Labute approximate surface area is 254 Å². The summed E-state index contributed by atoms with van der Waals surface area (Å²) in [5.41, 5.74) is 2.15. The molecule has 0 aliphatic carbocycles. The lowest BCUT2D eigenvalue weighted by Crippen LogP contribution is -2.54. The highest BCUT2D eigenvalue weighted by Crippen LogP contribution is 2.26. The van der Waals surface area contributed by atoms with Crippen LogP contribution in [0.15, 0.2) is 83.3 Å². The van der Waals surface area contributed by atoms with Crippen molar-refractivity contribution in [2.45, 2.75) is 23.3 Å². The molecular weight excluding hydrogens is 582 g/mol. The first-order valence-electron chi connectivity index (χ1n) is 14.2. The van der Waals surface area contributed by atoms with E-state index in [1.54, 1.807) is 60.7 Å². The molecule has 2 amide bonds. The van der Waals surface area contributed by atoms with Gasteiger partial charge in [-0.3, -0.25) is 14.4 Å². The highest BCUT2D eigenvalue weighted by atomic mass is 32.2. The predicted molar refractivity (Wildman–Crippen MR) is 162 cm³/mol. The lowest BCUT2D eigenvalue weighted by Gasteiger charge is -2.27. The number of nitrogens with zero attached hydrogens (tertiary/aromatic N) is 2. The number of rotatable bonds is 13. The fourth-order valence-corrected chi connectivity index (χ4v) is 6.61. The maximum atomic E-state index is 13.6. The van der Waals surface area contributed by atoms with Gasteiger partial charge in [0.05, 0.1) is 29.2 Å². The van der Waals surface area contributed by atoms with Gasteiger partial charge in [0.25, 0.3) is 5.89 Å². The third-order valence-electron chi connectivity index (χ3n) is 7.59. The molecule has 2 unspecified atom stereocenters. The van der Waals surface area contributed by atoms with E-state index < -0.39 is 39.2 Å². The van der Waals surface area contributed by atoms with E-state index in [1.807, 2.05) is 12.1 Å². The zero-order valence-electron chi connectivity index (χ0n) is 23.7. The van der Waals surface area contributed by atoms with E-state index in [4.69, 9.17) is 4.42 Å². The zero-order valence-corrected chi connectivity index (χ0v) is 24.5. The summed E-state index contributed by atoms with van der Waals surface area (Å²) in [6, 6.07) is 24.2. The van der Waals surface area contributed by atoms with Gasteiger partial charge in [0.15, 0.2) is 20.7 Å². The maximum Gasteiger partial charge on any atom is 0.264 e. The Kier molecular flexibility index (Phi) is 9.47. The molecule has 0 radical (unpaired) electrons. The zero-order chi connectivity index (χ0) is 31.1. The van der Waals surface area contributed by atoms with Gasteiger partial charge >= 0.3 is 0 Å². The van der Waals surface area contributed by atoms with E-state index in [-0.39, 0.29) is 47.6 Å². The summed E-state index contributed by atoms with van der Waals surface area (Å²) < 4.78 is 32.8. The van der Waals surface area contributed by atoms with Crippen LogP contribution in [-0.4, -0.2) is 62.4 Å². The van der Waals surface area contributed by atoms with Gasteiger partial charge < -0.3 is 20.4 Å². The molecule has 1 saturated heterocycles. The molecule has 1 fully saturated rings. The minimum Gasteiger partial charge on any atom is -0.434 e. The number of hydrogen-bond donors (Lipinski definition) is 3. The number of carbonyl (C=O) groups excluding carboxylic acids is 3. The number of aromatic nitrogens is 1. The van der Waals surface area contributed by atoms with E-state index >= 15 is 0 Å². The number of para-hydroxylation sites is 2. The first kappa shape index (κ1) is 30.6. The molecule has 11 nitrogen and oxygen atoms in total. The Balaban J connectivity index is 1.32. The third-order valence-corrected chi connectivity index (χ3v) is 9.55. The molecule has 5 rings (SSSR count). The number of hydrogen-bond acceptors (Lipinski definition) is 9. The van der Waals surface area contributed by atoms with Crippen molar-refractivity contribution in [1.82, 2.24) is 20.9 Å². The van der Waals surface area contributed by atoms with Gasteiger partial charge in [-0.2, -0.15) is 5.26 Å². The molecule has 3 aromatic carbocycles. The van der Waals surface area contributed by atoms with Crippen molar-refractivity contribution in [2.75, 3.05) is 26.2 Å². The van der Waals surface area contributed by atoms with Gasteiger partial charge in [-0.15, -0.1) is 0 Å². The van der Waals surface area contributed by atoms with Crippen LogP contribution in [-0.2, 0) is 25.2 Å². The molecule has 1 aromatic heterocycles. The van der Waals surface area contributed by atoms with Gasteiger partial charge in [-0.1, -0.05) is 60.7 Å². The molecule has 226 valence electrons. The number of nitriles is 1. The molecule has 0 saturated carbocycles. The van der Waals surface area contributed by atoms with Crippen LogP contribution < -0.4 is 16.0 Å². The van der Waals surface area contributed by atoms with Crippen LogP contribution in [0.2, 0.25) is 0 Å². The largest absolute Gasteiger partial charge is 0.434 e. The molecule has 3 N–H and O–H groups in total. The lowest BCUT2D eigenvalue weighted by atomic mass is 9.91. The van der Waals surface area contributed by atoms with Crippen LogP contribution in [0.3, 0.4) is 0 Å². The topological polar surface area (TPSA) is 171 Å². The standard InChI is InChI=1S/C32H31N5O6S/c33-16-22-10-4-5-11-23(22)20-44(41,42)28(19-36-30(39)24-17-34-18-24)31(40)35-15-14-25(21-8-2-1-3-9-21)29(38)32-37-26-12-6-7-13-27(26)43-32/h1-13,24-25,28,34H,14-15,17-20H2,(H,35,40)(H,36,39). The van der Waals surface area contributed by atoms with E-state index in [1.165, 1.54) is 12.1 Å². The van der Waals surface area contributed by atoms with Gasteiger partial charge in [-0.05, 0) is 35.7 Å². The van der Waals surface area contributed by atoms with Gasteiger partial charge in [-0.25, -0.2) is 13.4 Å². The van der Waals surface area contributed by atoms with Crippen LogP contribution in [0.4, 0.5) is 0 Å². The third kappa shape index (κ3) is 7.02. The van der Waals surface area contributed by atoms with Crippen molar-refractivity contribution >= 4 is 38.5 Å². The summed E-state index contributed by atoms with van der Waals surface area (Å²) in [5.74, 6) is -3.18. The molecule has 2 heterocycles. The average Bonchev–Trinajstić information content (AvgIpc) is 3.43. The number of sulfone groups is 1. The number of amides is 2. The summed E-state index contributed by atoms with van der Waals surface area (Å²) >= 11 is 0. The van der Waals surface area contributed by atoms with Crippen LogP contribution in [0.25, 0.3) is 11.1 Å². The average molecular weight is 614 g/mol. The molecule has 2 atom stereocenters. The summed E-state index contributed by atoms with van der Waals surface area (Å²) in [5, 5.41) is 16.1. The van der Waals surface area contributed by atoms with Gasteiger partial charge in [0, 0.05) is 26.2 Å². The first-order chi connectivity index (χ1) is 21.3.